The van der Waals surface area contributed by atoms with Gasteiger partial charge in [0.2, 0.25) is 5.88 Å². The first kappa shape index (κ1) is 13.7. The van der Waals surface area contributed by atoms with Crippen molar-refractivity contribution in [2.45, 2.75) is 53.0 Å². The van der Waals surface area contributed by atoms with Crippen LogP contribution in [0, 0.1) is 16.7 Å². The van der Waals surface area contributed by atoms with Gasteiger partial charge in [0.25, 0.3) is 0 Å². The fourth-order valence-electron chi connectivity index (χ4n) is 4.36. The van der Waals surface area contributed by atoms with Crippen molar-refractivity contribution >= 4 is 5.69 Å². The summed E-state index contributed by atoms with van der Waals surface area (Å²) in [5.41, 5.74) is 1.85. The number of hydrogen-bond donors (Lipinski definition) is 1. The summed E-state index contributed by atoms with van der Waals surface area (Å²) in [5, 5.41) is 3.73. The average Bonchev–Trinajstić information content (AvgIpc) is 2.74. The van der Waals surface area contributed by atoms with Gasteiger partial charge in [-0.25, -0.2) is 4.98 Å². The molecule has 1 heterocycles. The normalized spacial score (nSPS) is 34.2. The second-order valence-electron chi connectivity index (χ2n) is 7.10. The van der Waals surface area contributed by atoms with Crippen LogP contribution in [0.15, 0.2) is 18.3 Å². The highest BCUT2D eigenvalue weighted by molar-refractivity contribution is 5.53. The van der Waals surface area contributed by atoms with Gasteiger partial charge in [0.1, 0.15) is 0 Å². The molecule has 1 N–H and O–H groups in total. The van der Waals surface area contributed by atoms with Gasteiger partial charge in [-0.15, -0.1) is 0 Å². The molecule has 3 heteroatoms. The molecule has 2 bridgehead atoms. The number of pyridine rings is 1. The Morgan fingerprint density at radius 1 is 1.40 bits per heavy atom. The summed E-state index contributed by atoms with van der Waals surface area (Å²) in [6.45, 7) is 9.99. The summed E-state index contributed by atoms with van der Waals surface area (Å²) in [6.07, 6.45) is 5.77. The lowest BCUT2D eigenvalue weighted by Crippen LogP contribution is -2.40. The molecular formula is C17H26N2O. The largest absolute Gasteiger partial charge is 0.476 e. The second kappa shape index (κ2) is 4.64. The van der Waals surface area contributed by atoms with Crippen LogP contribution in [0.25, 0.3) is 0 Å². The van der Waals surface area contributed by atoms with Gasteiger partial charge in [-0.05, 0) is 55.1 Å². The number of anilines is 1. The van der Waals surface area contributed by atoms with Gasteiger partial charge in [0.05, 0.1) is 12.3 Å². The Morgan fingerprint density at radius 2 is 2.20 bits per heavy atom. The molecule has 3 rings (SSSR count). The molecule has 1 aromatic heterocycles. The molecule has 2 aliphatic carbocycles. The highest BCUT2D eigenvalue weighted by Gasteiger charge is 2.61. The van der Waals surface area contributed by atoms with Crippen molar-refractivity contribution in [3.05, 3.63) is 18.3 Å². The highest BCUT2D eigenvalue weighted by Crippen LogP contribution is 2.65. The molecule has 2 fully saturated rings. The van der Waals surface area contributed by atoms with E-state index in [1.807, 2.05) is 13.0 Å². The third-order valence-electron chi connectivity index (χ3n) is 6.18. The smallest absolute Gasteiger partial charge is 0.237 e. The first-order chi connectivity index (χ1) is 9.49. The zero-order valence-corrected chi connectivity index (χ0v) is 13.1. The van der Waals surface area contributed by atoms with Crippen LogP contribution in [0.3, 0.4) is 0 Å². The average molecular weight is 274 g/mol. The maximum Gasteiger partial charge on any atom is 0.237 e. The fraction of sp³-hybridized carbons (Fsp3) is 0.706. The summed E-state index contributed by atoms with van der Waals surface area (Å²) < 4.78 is 5.64. The molecular weight excluding hydrogens is 248 g/mol. The molecule has 1 aromatic rings. The predicted molar refractivity (Wildman–Crippen MR) is 82.0 cm³/mol. The number of hydrogen-bond acceptors (Lipinski definition) is 3. The van der Waals surface area contributed by atoms with Gasteiger partial charge in [-0.1, -0.05) is 20.8 Å². The number of aromatic nitrogens is 1. The van der Waals surface area contributed by atoms with Crippen LogP contribution in [-0.2, 0) is 0 Å². The molecule has 0 spiro atoms. The van der Waals surface area contributed by atoms with E-state index >= 15 is 0 Å². The molecule has 110 valence electrons. The second-order valence-corrected chi connectivity index (χ2v) is 7.10. The van der Waals surface area contributed by atoms with Crippen LogP contribution < -0.4 is 10.1 Å². The highest BCUT2D eigenvalue weighted by atomic mass is 16.5. The van der Waals surface area contributed by atoms with E-state index in [9.17, 15) is 0 Å². The van der Waals surface area contributed by atoms with E-state index in [0.29, 0.717) is 23.5 Å². The Bertz CT molecular complexity index is 500. The summed E-state index contributed by atoms with van der Waals surface area (Å²) in [5.74, 6) is 1.58. The minimum Gasteiger partial charge on any atom is -0.476 e. The van der Waals surface area contributed by atoms with Crippen molar-refractivity contribution in [3.8, 4) is 5.88 Å². The lowest BCUT2D eigenvalue weighted by Gasteiger charge is -2.40. The molecule has 2 aliphatic rings. The molecule has 0 radical (unpaired) electrons. The maximum absolute atomic E-state index is 5.64. The molecule has 0 amide bonds. The molecule has 3 atom stereocenters. The summed E-state index contributed by atoms with van der Waals surface area (Å²) >= 11 is 0. The molecule has 3 unspecified atom stereocenters. The van der Waals surface area contributed by atoms with E-state index in [0.717, 1.165) is 17.5 Å². The van der Waals surface area contributed by atoms with Crippen molar-refractivity contribution in [2.75, 3.05) is 11.9 Å². The number of nitrogens with zero attached hydrogens (tertiary/aromatic N) is 1. The first-order valence-electron chi connectivity index (χ1n) is 7.83. The minimum absolute atomic E-state index is 0.372. The van der Waals surface area contributed by atoms with E-state index in [1.165, 1.54) is 19.3 Å². The van der Waals surface area contributed by atoms with E-state index in [-0.39, 0.29) is 0 Å². The molecule has 0 aromatic carbocycles. The van der Waals surface area contributed by atoms with Gasteiger partial charge < -0.3 is 10.1 Å². The fourth-order valence-corrected chi connectivity index (χ4v) is 4.36. The SMILES string of the molecule is CCOc1ncccc1NC1CC2CCC1(C)C2(C)C. The molecule has 20 heavy (non-hydrogen) atoms. The zero-order valence-electron chi connectivity index (χ0n) is 13.1. The van der Waals surface area contributed by atoms with E-state index < -0.39 is 0 Å². The zero-order chi connectivity index (χ0) is 14.4. The molecule has 2 saturated carbocycles. The summed E-state index contributed by atoms with van der Waals surface area (Å²) in [7, 11) is 0. The van der Waals surface area contributed by atoms with Gasteiger partial charge in [0, 0.05) is 12.2 Å². The van der Waals surface area contributed by atoms with Crippen molar-refractivity contribution < 1.29 is 4.74 Å². The van der Waals surface area contributed by atoms with Gasteiger partial charge in [-0.3, -0.25) is 0 Å². The number of fused-ring (bicyclic) bond motifs is 2. The Labute approximate surface area is 122 Å². The van der Waals surface area contributed by atoms with E-state index in [2.05, 4.69) is 37.1 Å². The monoisotopic (exact) mass is 274 g/mol. The van der Waals surface area contributed by atoms with Gasteiger partial charge in [0.15, 0.2) is 0 Å². The van der Waals surface area contributed by atoms with Crippen molar-refractivity contribution in [1.29, 1.82) is 0 Å². The molecule has 0 saturated heterocycles. The predicted octanol–water partition coefficient (Wildman–Crippen LogP) is 4.11. The Hall–Kier alpha value is -1.25. The van der Waals surface area contributed by atoms with Crippen molar-refractivity contribution in [3.63, 3.8) is 0 Å². The van der Waals surface area contributed by atoms with Crippen LogP contribution in [0.4, 0.5) is 5.69 Å². The molecule has 3 nitrogen and oxygen atoms in total. The van der Waals surface area contributed by atoms with Gasteiger partial charge in [-0.2, -0.15) is 0 Å². The first-order valence-corrected chi connectivity index (χ1v) is 7.83. The minimum atomic E-state index is 0.372. The topological polar surface area (TPSA) is 34.1 Å². The summed E-state index contributed by atoms with van der Waals surface area (Å²) in [6, 6.07) is 4.59. The number of ether oxygens (including phenoxy) is 1. The Kier molecular flexibility index (Phi) is 3.19. The third kappa shape index (κ3) is 1.82. The standard InChI is InChI=1S/C17H26N2O/c1-5-20-15-13(7-6-10-18-15)19-14-11-12-8-9-17(14,4)16(12,2)3/h6-7,10,12,14,19H,5,8-9,11H2,1-4H3. The lowest BCUT2D eigenvalue weighted by atomic mass is 9.69. The number of rotatable bonds is 4. The lowest BCUT2D eigenvalue weighted by molar-refractivity contribution is 0.142. The van der Waals surface area contributed by atoms with Crippen LogP contribution >= 0.6 is 0 Å². The van der Waals surface area contributed by atoms with E-state index in [4.69, 9.17) is 4.74 Å². The van der Waals surface area contributed by atoms with Crippen molar-refractivity contribution in [1.82, 2.24) is 4.98 Å². The van der Waals surface area contributed by atoms with Crippen LogP contribution in [0.1, 0.15) is 47.0 Å². The van der Waals surface area contributed by atoms with Crippen LogP contribution in [-0.4, -0.2) is 17.6 Å². The maximum atomic E-state index is 5.64. The third-order valence-corrected chi connectivity index (χ3v) is 6.18. The Morgan fingerprint density at radius 3 is 2.80 bits per heavy atom. The van der Waals surface area contributed by atoms with Crippen LogP contribution in [0.5, 0.6) is 5.88 Å². The summed E-state index contributed by atoms with van der Waals surface area (Å²) in [4.78, 5) is 4.35. The van der Waals surface area contributed by atoms with Crippen molar-refractivity contribution in [2.24, 2.45) is 16.7 Å². The number of nitrogens with one attached hydrogen (secondary N) is 1. The quantitative estimate of drug-likeness (QED) is 0.897. The van der Waals surface area contributed by atoms with Gasteiger partial charge >= 0.3 is 0 Å². The van der Waals surface area contributed by atoms with E-state index in [1.54, 1.807) is 6.20 Å². The Balaban J connectivity index is 1.83. The van der Waals surface area contributed by atoms with Crippen LogP contribution in [0.2, 0.25) is 0 Å². The molecule has 0 aliphatic heterocycles.